The first-order chi connectivity index (χ1) is 16.6. The van der Waals surface area contributed by atoms with Crippen LogP contribution in [0.15, 0.2) is 0 Å². The molecule has 6 nitrogen and oxygen atoms in total. The normalized spacial score (nSPS) is 28.3. The van der Waals surface area contributed by atoms with Gasteiger partial charge in [-0.2, -0.15) is 0 Å². The molecule has 2 aliphatic heterocycles. The summed E-state index contributed by atoms with van der Waals surface area (Å²) in [4.78, 5) is 25.3. The van der Waals surface area contributed by atoms with Crippen LogP contribution in [-0.2, 0) is 19.1 Å². The molecule has 4 atom stereocenters. The minimum atomic E-state index is -0.0630. The average Bonchev–Trinajstić information content (AvgIpc) is 2.70. The lowest BCUT2D eigenvalue weighted by Gasteiger charge is -2.45. The summed E-state index contributed by atoms with van der Waals surface area (Å²) in [6.45, 7) is 19.5. The van der Waals surface area contributed by atoms with Gasteiger partial charge in [-0.05, 0) is 67.7 Å². The first kappa shape index (κ1) is 31.1. The van der Waals surface area contributed by atoms with E-state index in [9.17, 15) is 9.59 Å². The van der Waals surface area contributed by atoms with Crippen molar-refractivity contribution in [2.45, 2.75) is 168 Å². The summed E-state index contributed by atoms with van der Waals surface area (Å²) in [5.41, 5.74) is -0.0432. The van der Waals surface area contributed by atoms with Crippen LogP contribution >= 0.6 is 0 Å². The number of unbranched alkanes of at least 4 members (excludes halogenated alkanes) is 4. The summed E-state index contributed by atoms with van der Waals surface area (Å²) in [7, 11) is 0. The maximum atomic E-state index is 12.9. The molecule has 2 N–H and O–H groups in total. The maximum absolute atomic E-state index is 12.9. The molecule has 2 rings (SSSR count). The Hall–Kier alpha value is -1.14. The molecule has 0 aromatic heterocycles. The van der Waals surface area contributed by atoms with Gasteiger partial charge in [-0.3, -0.25) is 9.59 Å². The molecule has 36 heavy (non-hydrogen) atoms. The van der Waals surface area contributed by atoms with Gasteiger partial charge in [-0.25, -0.2) is 0 Å². The lowest BCUT2D eigenvalue weighted by Crippen LogP contribution is -2.59. The van der Waals surface area contributed by atoms with Crippen LogP contribution in [0, 0.1) is 11.8 Å². The van der Waals surface area contributed by atoms with E-state index >= 15 is 0 Å². The van der Waals surface area contributed by atoms with Crippen molar-refractivity contribution in [2.75, 3.05) is 0 Å². The second kappa shape index (κ2) is 13.1. The molecule has 2 heterocycles. The average molecular weight is 509 g/mol. The monoisotopic (exact) mass is 508 g/mol. The molecule has 4 unspecified atom stereocenters. The van der Waals surface area contributed by atoms with Gasteiger partial charge < -0.3 is 20.1 Å². The van der Waals surface area contributed by atoms with Crippen LogP contribution in [0.3, 0.4) is 0 Å². The molecular formula is C30H56N2O4. The number of nitrogens with one attached hydrogen (secondary N) is 2. The Morgan fingerprint density at radius 1 is 0.833 bits per heavy atom. The fourth-order valence-corrected chi connectivity index (χ4v) is 6.45. The quantitative estimate of drug-likeness (QED) is 0.238. The lowest BCUT2D eigenvalue weighted by atomic mass is 9.81. The van der Waals surface area contributed by atoms with Crippen molar-refractivity contribution in [3.05, 3.63) is 0 Å². The Morgan fingerprint density at radius 3 is 2.03 bits per heavy atom. The maximum Gasteiger partial charge on any atom is 0.309 e. The molecule has 0 saturated carbocycles. The number of carbonyl (C=O) groups excluding carboxylic acids is 2. The van der Waals surface area contributed by atoms with Crippen LogP contribution in [-0.4, -0.2) is 46.8 Å². The van der Waals surface area contributed by atoms with E-state index in [-0.39, 0.29) is 46.7 Å². The first-order valence-corrected chi connectivity index (χ1v) is 14.6. The minimum Gasteiger partial charge on any atom is -0.462 e. The van der Waals surface area contributed by atoms with Crippen LogP contribution in [0.5, 0.6) is 0 Å². The van der Waals surface area contributed by atoms with E-state index in [0.29, 0.717) is 18.4 Å². The van der Waals surface area contributed by atoms with Gasteiger partial charge in [0.1, 0.15) is 12.2 Å². The van der Waals surface area contributed by atoms with Crippen LogP contribution in [0.25, 0.3) is 0 Å². The summed E-state index contributed by atoms with van der Waals surface area (Å²) in [5, 5.41) is 7.25. The van der Waals surface area contributed by atoms with Crippen molar-refractivity contribution in [1.82, 2.24) is 10.6 Å². The van der Waals surface area contributed by atoms with Gasteiger partial charge in [-0.1, -0.05) is 39.5 Å². The fraction of sp³-hybridized carbons (Fsp3) is 0.933. The van der Waals surface area contributed by atoms with Gasteiger partial charge in [-0.15, -0.1) is 0 Å². The van der Waals surface area contributed by atoms with E-state index < -0.39 is 0 Å². The number of hydrogen-bond acceptors (Lipinski definition) is 6. The first-order valence-electron chi connectivity index (χ1n) is 14.6. The number of rotatable bonds is 12. The molecule has 0 aliphatic carbocycles. The Kier molecular flexibility index (Phi) is 11.3. The Labute approximate surface area is 221 Å². The number of carbonyl (C=O) groups is 2. The van der Waals surface area contributed by atoms with E-state index in [0.717, 1.165) is 64.2 Å². The molecule has 210 valence electrons. The lowest BCUT2D eigenvalue weighted by molar-refractivity contribution is -0.161. The standard InChI is InChI=1S/C30H56N2O4/c1-10-23(27(34)36-25-20-28(4,5)31-22(3)21(25)2)16-14-12-11-13-15-17-26(33)35-24-18-29(6,7)32-30(8,9)19-24/h21-25,31-32H,10-20H2,1-9H3. The van der Waals surface area contributed by atoms with Crippen LogP contribution in [0.1, 0.15) is 133 Å². The van der Waals surface area contributed by atoms with Gasteiger partial charge in [0.15, 0.2) is 0 Å². The van der Waals surface area contributed by atoms with Gasteiger partial charge >= 0.3 is 11.9 Å². The summed E-state index contributed by atoms with van der Waals surface area (Å²) >= 11 is 0. The topological polar surface area (TPSA) is 76.7 Å². The van der Waals surface area contributed by atoms with Crippen molar-refractivity contribution >= 4 is 11.9 Å². The van der Waals surface area contributed by atoms with Crippen molar-refractivity contribution in [2.24, 2.45) is 11.8 Å². The Morgan fingerprint density at radius 2 is 1.42 bits per heavy atom. The van der Waals surface area contributed by atoms with Gasteiger partial charge in [0.25, 0.3) is 0 Å². The number of esters is 2. The third-order valence-corrected chi connectivity index (χ3v) is 8.18. The third kappa shape index (κ3) is 10.3. The van der Waals surface area contributed by atoms with E-state index in [1.54, 1.807) is 0 Å². The molecule has 0 amide bonds. The predicted molar refractivity (Wildman–Crippen MR) is 147 cm³/mol. The van der Waals surface area contributed by atoms with Crippen LogP contribution in [0.2, 0.25) is 0 Å². The predicted octanol–water partition coefficient (Wildman–Crippen LogP) is 6.30. The Bertz CT molecular complexity index is 702. The molecule has 6 heteroatoms. The fourth-order valence-electron chi connectivity index (χ4n) is 6.45. The third-order valence-electron chi connectivity index (χ3n) is 8.18. The second-order valence-electron chi connectivity index (χ2n) is 13.7. The zero-order chi connectivity index (χ0) is 27.1. The van der Waals surface area contributed by atoms with E-state index in [2.05, 4.69) is 72.9 Å². The number of piperidine rings is 2. The highest BCUT2D eigenvalue weighted by atomic mass is 16.5. The van der Waals surface area contributed by atoms with E-state index in [1.807, 2.05) is 0 Å². The van der Waals surface area contributed by atoms with Crippen molar-refractivity contribution < 1.29 is 19.1 Å². The molecule has 0 radical (unpaired) electrons. The summed E-state index contributed by atoms with van der Waals surface area (Å²) in [6, 6.07) is 0.335. The van der Waals surface area contributed by atoms with E-state index in [1.165, 1.54) is 0 Å². The van der Waals surface area contributed by atoms with E-state index in [4.69, 9.17) is 9.47 Å². The number of ether oxygens (including phenoxy) is 2. The molecule has 0 spiro atoms. The van der Waals surface area contributed by atoms with Crippen molar-refractivity contribution in [3.8, 4) is 0 Å². The van der Waals surface area contributed by atoms with Crippen molar-refractivity contribution in [1.29, 1.82) is 0 Å². The molecule has 2 saturated heterocycles. The molecule has 2 aliphatic rings. The van der Waals surface area contributed by atoms with Gasteiger partial charge in [0, 0.05) is 54.3 Å². The zero-order valence-electron chi connectivity index (χ0n) is 24.8. The second-order valence-corrected chi connectivity index (χ2v) is 13.7. The van der Waals surface area contributed by atoms with Crippen LogP contribution < -0.4 is 10.6 Å². The molecule has 2 fully saturated rings. The van der Waals surface area contributed by atoms with Crippen molar-refractivity contribution in [3.63, 3.8) is 0 Å². The highest BCUT2D eigenvalue weighted by molar-refractivity contribution is 5.72. The highest BCUT2D eigenvalue weighted by Crippen LogP contribution is 2.31. The van der Waals surface area contributed by atoms with Gasteiger partial charge in [0.2, 0.25) is 0 Å². The largest absolute Gasteiger partial charge is 0.462 e. The number of hydrogen-bond donors (Lipinski definition) is 2. The summed E-state index contributed by atoms with van der Waals surface area (Å²) in [6.07, 6.45) is 9.87. The zero-order valence-corrected chi connectivity index (χ0v) is 24.8. The summed E-state index contributed by atoms with van der Waals surface area (Å²) in [5.74, 6) is 0.219. The highest BCUT2D eigenvalue weighted by Gasteiger charge is 2.40. The van der Waals surface area contributed by atoms with Gasteiger partial charge in [0.05, 0.1) is 5.92 Å². The summed E-state index contributed by atoms with van der Waals surface area (Å²) < 4.78 is 11.9. The SMILES string of the molecule is CCC(CCCCCCCC(=O)OC1CC(C)(C)NC(C)(C)C1)C(=O)OC1CC(C)(C)NC(C)C1C. The molecule has 0 aromatic carbocycles. The minimum absolute atomic E-state index is 0.00312. The molecule has 0 bridgehead atoms. The molecule has 0 aromatic rings. The Balaban J connectivity index is 1.61. The molecular weight excluding hydrogens is 452 g/mol. The van der Waals surface area contributed by atoms with Crippen LogP contribution in [0.4, 0.5) is 0 Å². The smallest absolute Gasteiger partial charge is 0.309 e.